The molecule has 12 heavy (non-hydrogen) atoms. The fraction of sp³-hybridized carbons (Fsp3) is 0.300. The molecule has 0 unspecified atom stereocenters. The van der Waals surface area contributed by atoms with E-state index in [-0.39, 0.29) is 6.04 Å². The van der Waals surface area contributed by atoms with E-state index in [2.05, 4.69) is 0 Å². The Balaban J connectivity index is 2.88. The molecular formula is C10H13NO. The summed E-state index contributed by atoms with van der Waals surface area (Å²) >= 11 is 0. The second-order valence-corrected chi connectivity index (χ2v) is 2.94. The number of hydrogen-bond donors (Lipinski definition) is 0. The molecule has 0 aliphatic heterocycles. The van der Waals surface area contributed by atoms with Gasteiger partial charge in [0.15, 0.2) is 0 Å². The first-order valence-corrected chi connectivity index (χ1v) is 4.04. The molecule has 0 saturated heterocycles. The third-order valence-corrected chi connectivity index (χ3v) is 1.72. The molecule has 0 fully saturated rings. The van der Waals surface area contributed by atoms with Crippen molar-refractivity contribution in [2.45, 2.75) is 19.9 Å². The second kappa shape index (κ2) is 3.90. The number of carbonyl (C=O) groups is 1. The highest BCUT2D eigenvalue weighted by Crippen LogP contribution is 2.13. The van der Waals surface area contributed by atoms with Gasteiger partial charge in [0.1, 0.15) is 0 Å². The lowest BCUT2D eigenvalue weighted by molar-refractivity contribution is -0.107. The minimum Gasteiger partial charge on any atom is -0.313 e. The molecule has 0 saturated carbocycles. The molecule has 0 aromatic heterocycles. The lowest BCUT2D eigenvalue weighted by Crippen LogP contribution is -2.28. The minimum atomic E-state index is 0.213. The van der Waals surface area contributed by atoms with Crippen molar-refractivity contribution in [3.63, 3.8) is 0 Å². The summed E-state index contributed by atoms with van der Waals surface area (Å²) in [6, 6.07) is 9.85. The van der Waals surface area contributed by atoms with E-state index in [1.54, 1.807) is 4.90 Å². The maximum atomic E-state index is 10.7. The minimum absolute atomic E-state index is 0.213. The Labute approximate surface area is 72.8 Å². The van der Waals surface area contributed by atoms with Crippen LogP contribution >= 0.6 is 0 Å². The molecule has 0 heterocycles. The van der Waals surface area contributed by atoms with Crippen molar-refractivity contribution < 1.29 is 4.79 Å². The number of rotatable bonds is 3. The summed E-state index contributed by atoms with van der Waals surface area (Å²) in [5.74, 6) is 0. The maximum absolute atomic E-state index is 10.7. The molecule has 0 aliphatic rings. The van der Waals surface area contributed by atoms with Crippen molar-refractivity contribution in [2.24, 2.45) is 0 Å². The number of nitrogens with zero attached hydrogens (tertiary/aromatic N) is 1. The molecule has 64 valence electrons. The molecule has 1 amide bonds. The third kappa shape index (κ3) is 1.84. The van der Waals surface area contributed by atoms with E-state index >= 15 is 0 Å². The molecule has 1 aromatic rings. The van der Waals surface area contributed by atoms with Gasteiger partial charge in [-0.3, -0.25) is 4.79 Å². The van der Waals surface area contributed by atoms with Crippen LogP contribution in [0.3, 0.4) is 0 Å². The summed E-state index contributed by atoms with van der Waals surface area (Å²) in [6.45, 7) is 3.98. The molecule has 0 bridgehead atoms. The fourth-order valence-corrected chi connectivity index (χ4v) is 1.08. The molecule has 0 atom stereocenters. The highest BCUT2D eigenvalue weighted by Gasteiger charge is 2.06. The molecule has 0 N–H and O–H groups in total. The standard InChI is InChI=1S/C10H13NO/c1-9(2)11(8-12)10-6-4-3-5-7-10/h3-9H,1-2H3. The molecule has 1 aromatic carbocycles. The number of hydrogen-bond acceptors (Lipinski definition) is 1. The monoisotopic (exact) mass is 163 g/mol. The van der Waals surface area contributed by atoms with Gasteiger partial charge in [-0.1, -0.05) is 18.2 Å². The zero-order chi connectivity index (χ0) is 8.97. The van der Waals surface area contributed by atoms with Gasteiger partial charge in [0.25, 0.3) is 0 Å². The van der Waals surface area contributed by atoms with E-state index in [1.807, 2.05) is 44.2 Å². The van der Waals surface area contributed by atoms with Crippen LogP contribution in [0.2, 0.25) is 0 Å². The number of carbonyl (C=O) groups excluding carboxylic acids is 1. The Kier molecular flexibility index (Phi) is 2.86. The molecule has 2 nitrogen and oxygen atoms in total. The van der Waals surface area contributed by atoms with Crippen molar-refractivity contribution >= 4 is 12.1 Å². The average Bonchev–Trinajstić information content (AvgIpc) is 2.07. The first-order chi connectivity index (χ1) is 5.75. The maximum Gasteiger partial charge on any atom is 0.214 e. The largest absolute Gasteiger partial charge is 0.313 e. The highest BCUT2D eigenvalue weighted by atomic mass is 16.1. The summed E-state index contributed by atoms with van der Waals surface area (Å²) in [5.41, 5.74) is 0.947. The smallest absolute Gasteiger partial charge is 0.214 e. The van der Waals surface area contributed by atoms with E-state index in [0.717, 1.165) is 12.1 Å². The van der Waals surface area contributed by atoms with Gasteiger partial charge in [0.2, 0.25) is 6.41 Å². The van der Waals surface area contributed by atoms with E-state index < -0.39 is 0 Å². The van der Waals surface area contributed by atoms with Crippen molar-refractivity contribution in [2.75, 3.05) is 4.90 Å². The average molecular weight is 163 g/mol. The first-order valence-electron chi connectivity index (χ1n) is 4.04. The van der Waals surface area contributed by atoms with E-state index in [1.165, 1.54) is 0 Å². The fourth-order valence-electron chi connectivity index (χ4n) is 1.08. The zero-order valence-corrected chi connectivity index (χ0v) is 7.40. The van der Waals surface area contributed by atoms with Crippen LogP contribution in [-0.4, -0.2) is 12.5 Å². The first kappa shape index (κ1) is 8.78. The van der Waals surface area contributed by atoms with Gasteiger partial charge in [-0.2, -0.15) is 0 Å². The summed E-state index contributed by atoms with van der Waals surface area (Å²) in [4.78, 5) is 12.4. The van der Waals surface area contributed by atoms with Gasteiger partial charge >= 0.3 is 0 Å². The Morgan fingerprint density at radius 3 is 2.25 bits per heavy atom. The van der Waals surface area contributed by atoms with Crippen LogP contribution < -0.4 is 4.90 Å². The number of benzene rings is 1. The lowest BCUT2D eigenvalue weighted by Gasteiger charge is -2.21. The molecule has 2 heteroatoms. The number of amides is 1. The summed E-state index contributed by atoms with van der Waals surface area (Å²) in [7, 11) is 0. The summed E-state index contributed by atoms with van der Waals surface area (Å²) in [5, 5.41) is 0. The topological polar surface area (TPSA) is 20.3 Å². The second-order valence-electron chi connectivity index (χ2n) is 2.94. The summed E-state index contributed by atoms with van der Waals surface area (Å²) in [6.07, 6.45) is 0.861. The van der Waals surface area contributed by atoms with Crippen LogP contribution in [0.5, 0.6) is 0 Å². The molecule has 1 rings (SSSR count). The molecule has 0 aliphatic carbocycles. The van der Waals surface area contributed by atoms with Crippen molar-refractivity contribution in [1.82, 2.24) is 0 Å². The summed E-state index contributed by atoms with van der Waals surface area (Å²) < 4.78 is 0. The molecule has 0 spiro atoms. The van der Waals surface area contributed by atoms with Gasteiger partial charge in [0, 0.05) is 11.7 Å². The van der Waals surface area contributed by atoms with Gasteiger partial charge in [-0.15, -0.1) is 0 Å². The van der Waals surface area contributed by atoms with E-state index in [9.17, 15) is 4.79 Å². The number of anilines is 1. The Morgan fingerprint density at radius 2 is 1.83 bits per heavy atom. The van der Waals surface area contributed by atoms with Crippen molar-refractivity contribution in [1.29, 1.82) is 0 Å². The predicted molar refractivity (Wildman–Crippen MR) is 50.1 cm³/mol. The molecular weight excluding hydrogens is 150 g/mol. The van der Waals surface area contributed by atoms with Gasteiger partial charge < -0.3 is 4.90 Å². The molecule has 0 radical (unpaired) electrons. The predicted octanol–water partition coefficient (Wildman–Crippen LogP) is 2.06. The highest BCUT2D eigenvalue weighted by molar-refractivity contribution is 5.75. The Bertz CT molecular complexity index is 243. The van der Waals surface area contributed by atoms with Crippen LogP contribution in [0.4, 0.5) is 5.69 Å². The Morgan fingerprint density at radius 1 is 1.25 bits per heavy atom. The quantitative estimate of drug-likeness (QED) is 0.624. The third-order valence-electron chi connectivity index (χ3n) is 1.72. The zero-order valence-electron chi connectivity index (χ0n) is 7.40. The van der Waals surface area contributed by atoms with Crippen LogP contribution in [0.1, 0.15) is 13.8 Å². The van der Waals surface area contributed by atoms with Crippen molar-refractivity contribution in [3.05, 3.63) is 30.3 Å². The van der Waals surface area contributed by atoms with E-state index in [4.69, 9.17) is 0 Å². The van der Waals surface area contributed by atoms with Crippen LogP contribution in [0.25, 0.3) is 0 Å². The van der Waals surface area contributed by atoms with Gasteiger partial charge in [-0.25, -0.2) is 0 Å². The SMILES string of the molecule is CC(C)N(C=O)c1ccccc1. The van der Waals surface area contributed by atoms with Gasteiger partial charge in [0.05, 0.1) is 0 Å². The van der Waals surface area contributed by atoms with Crippen LogP contribution in [0, 0.1) is 0 Å². The lowest BCUT2D eigenvalue weighted by atomic mass is 10.2. The van der Waals surface area contributed by atoms with Gasteiger partial charge in [-0.05, 0) is 26.0 Å². The normalized spacial score (nSPS) is 9.92. The van der Waals surface area contributed by atoms with Crippen LogP contribution in [0.15, 0.2) is 30.3 Å². The van der Waals surface area contributed by atoms with Crippen molar-refractivity contribution in [3.8, 4) is 0 Å². The van der Waals surface area contributed by atoms with Crippen LogP contribution in [-0.2, 0) is 4.79 Å². The Hall–Kier alpha value is -1.31. The van der Waals surface area contributed by atoms with E-state index in [0.29, 0.717) is 0 Å². The number of para-hydroxylation sites is 1.